The van der Waals surface area contributed by atoms with Gasteiger partial charge in [0.2, 0.25) is 9.84 Å². The van der Waals surface area contributed by atoms with Gasteiger partial charge in [0.1, 0.15) is 0 Å². The van der Waals surface area contributed by atoms with Crippen LogP contribution in [-0.4, -0.2) is 32.1 Å². The number of nitrogens with one attached hydrogen (secondary N) is 3. The molecule has 1 atom stereocenters. The van der Waals surface area contributed by atoms with Crippen LogP contribution in [0.1, 0.15) is 18.4 Å². The molecule has 1 rings (SSSR count). The van der Waals surface area contributed by atoms with Gasteiger partial charge in [-0.15, -0.1) is 0 Å². The zero-order valence-electron chi connectivity index (χ0n) is 11.7. The lowest BCUT2D eigenvalue weighted by Gasteiger charge is -2.10. The first-order chi connectivity index (χ1) is 9.75. The molecule has 0 aliphatic rings. The normalized spacial score (nSPS) is 12.7. The second kappa shape index (κ2) is 7.19. The molecule has 0 aliphatic heterocycles. The summed E-state index contributed by atoms with van der Waals surface area (Å²) in [4.78, 5) is 11.8. The molecule has 1 radical (unpaired) electrons. The summed E-state index contributed by atoms with van der Waals surface area (Å²) in [5.41, 5.74) is 13.6. The average molecular weight is 311 g/mol. The SMILES string of the molecule is Cc1ccc(S(=O)(=O)C(=O)[C@H]([NH])CCCNC(=N)N)cc1. The number of sulfone groups is 1. The average Bonchev–Trinajstić information content (AvgIpc) is 2.42. The van der Waals surface area contributed by atoms with Crippen molar-refractivity contribution in [2.75, 3.05) is 6.54 Å². The van der Waals surface area contributed by atoms with Gasteiger partial charge in [-0.3, -0.25) is 10.2 Å². The van der Waals surface area contributed by atoms with E-state index in [1.807, 2.05) is 6.92 Å². The summed E-state index contributed by atoms with van der Waals surface area (Å²) in [6, 6.07) is 4.61. The Morgan fingerprint density at radius 3 is 2.43 bits per heavy atom. The lowest BCUT2D eigenvalue weighted by Crippen LogP contribution is -2.33. The number of hydrogen-bond donors (Lipinski definition) is 3. The first-order valence-electron chi connectivity index (χ1n) is 6.39. The maximum absolute atomic E-state index is 12.1. The van der Waals surface area contributed by atoms with Crippen LogP contribution < -0.4 is 16.8 Å². The van der Waals surface area contributed by atoms with Crippen molar-refractivity contribution in [1.82, 2.24) is 11.1 Å². The second-order valence-corrected chi connectivity index (χ2v) is 6.55. The smallest absolute Gasteiger partial charge is 0.269 e. The van der Waals surface area contributed by atoms with Gasteiger partial charge >= 0.3 is 0 Å². The van der Waals surface area contributed by atoms with Crippen LogP contribution in [-0.2, 0) is 14.6 Å². The lowest BCUT2D eigenvalue weighted by atomic mass is 10.2. The molecule has 0 unspecified atom stereocenters. The molecule has 0 bridgehead atoms. The molecule has 0 heterocycles. The van der Waals surface area contributed by atoms with Gasteiger partial charge in [0.15, 0.2) is 5.96 Å². The van der Waals surface area contributed by atoms with Gasteiger partial charge in [0.05, 0.1) is 10.9 Å². The molecule has 0 saturated carbocycles. The molecule has 0 spiro atoms. The number of nitrogens with two attached hydrogens (primary N) is 1. The fourth-order valence-corrected chi connectivity index (χ4v) is 2.89. The summed E-state index contributed by atoms with van der Waals surface area (Å²) >= 11 is 0. The zero-order chi connectivity index (χ0) is 16.0. The van der Waals surface area contributed by atoms with Crippen molar-refractivity contribution >= 4 is 20.9 Å². The Bertz CT molecular complexity index is 611. The summed E-state index contributed by atoms with van der Waals surface area (Å²) in [6.45, 7) is 2.14. The number of aryl methyl sites for hydroxylation is 1. The van der Waals surface area contributed by atoms with Gasteiger partial charge in [0, 0.05) is 6.54 Å². The van der Waals surface area contributed by atoms with Gasteiger partial charge in [-0.05, 0) is 31.9 Å². The molecule has 21 heavy (non-hydrogen) atoms. The largest absolute Gasteiger partial charge is 0.370 e. The molecule has 0 fully saturated rings. The molecule has 115 valence electrons. The highest BCUT2D eigenvalue weighted by Crippen LogP contribution is 2.15. The number of guanidine groups is 1. The number of rotatable bonds is 6. The van der Waals surface area contributed by atoms with Crippen LogP contribution in [0.25, 0.3) is 0 Å². The molecule has 0 saturated heterocycles. The van der Waals surface area contributed by atoms with E-state index in [1.54, 1.807) is 12.1 Å². The van der Waals surface area contributed by atoms with Gasteiger partial charge in [0.25, 0.3) is 5.12 Å². The molecule has 7 nitrogen and oxygen atoms in total. The van der Waals surface area contributed by atoms with E-state index < -0.39 is 21.0 Å². The number of carbonyl (C=O) groups is 1. The van der Waals surface area contributed by atoms with Crippen molar-refractivity contribution in [3.63, 3.8) is 0 Å². The van der Waals surface area contributed by atoms with E-state index in [4.69, 9.17) is 16.9 Å². The molecule has 5 N–H and O–H groups in total. The van der Waals surface area contributed by atoms with Crippen LogP contribution in [0.15, 0.2) is 29.2 Å². The number of hydrogen-bond acceptors (Lipinski definition) is 4. The highest BCUT2D eigenvalue weighted by Gasteiger charge is 2.30. The van der Waals surface area contributed by atoms with Crippen LogP contribution in [0.4, 0.5) is 0 Å². The fraction of sp³-hybridized carbons (Fsp3) is 0.385. The standard InChI is InChI=1S/C13H19N4O3S/c1-9-4-6-10(7-5-9)21(19,20)12(18)11(14)3-2-8-17-13(15)16/h4-7,11,14H,2-3,8H2,1H3,(H4,15,16,17)/t11-/m1/s1. The molecule has 0 aromatic heterocycles. The van der Waals surface area contributed by atoms with Crippen LogP contribution >= 0.6 is 0 Å². The van der Waals surface area contributed by atoms with Crippen molar-refractivity contribution in [3.05, 3.63) is 29.8 Å². The van der Waals surface area contributed by atoms with Crippen LogP contribution in [0.3, 0.4) is 0 Å². The minimum Gasteiger partial charge on any atom is -0.370 e. The van der Waals surface area contributed by atoms with Crippen molar-refractivity contribution in [3.8, 4) is 0 Å². The highest BCUT2D eigenvalue weighted by atomic mass is 32.2. The highest BCUT2D eigenvalue weighted by molar-refractivity contribution is 8.06. The minimum atomic E-state index is -4.12. The topological polar surface area (TPSA) is 137 Å². The molecular formula is C13H19N4O3S. The van der Waals surface area contributed by atoms with Gasteiger partial charge in [-0.25, -0.2) is 14.2 Å². The molecule has 1 aromatic rings. The molecule has 0 aliphatic carbocycles. The zero-order valence-corrected chi connectivity index (χ0v) is 12.5. The van der Waals surface area contributed by atoms with Crippen molar-refractivity contribution in [2.24, 2.45) is 5.73 Å². The maximum atomic E-state index is 12.1. The first-order valence-corrected chi connectivity index (χ1v) is 7.88. The summed E-state index contributed by atoms with van der Waals surface area (Å²) < 4.78 is 24.2. The molecule has 0 amide bonds. The van der Waals surface area contributed by atoms with Gasteiger partial charge < -0.3 is 11.1 Å². The predicted molar refractivity (Wildman–Crippen MR) is 79.4 cm³/mol. The van der Waals surface area contributed by atoms with Gasteiger partial charge in [-0.1, -0.05) is 17.7 Å². The number of benzene rings is 1. The third kappa shape index (κ3) is 4.83. The summed E-state index contributed by atoms with van der Waals surface area (Å²) in [7, 11) is -4.12. The minimum absolute atomic E-state index is 0.0859. The van der Waals surface area contributed by atoms with E-state index in [2.05, 4.69) is 5.32 Å². The van der Waals surface area contributed by atoms with E-state index in [1.165, 1.54) is 12.1 Å². The Morgan fingerprint density at radius 1 is 1.33 bits per heavy atom. The summed E-state index contributed by atoms with van der Waals surface area (Å²) in [5.74, 6) is -0.199. The van der Waals surface area contributed by atoms with Crippen molar-refractivity contribution in [2.45, 2.75) is 30.7 Å². The Kier molecular flexibility index (Phi) is 5.86. The van der Waals surface area contributed by atoms with Crippen LogP contribution in [0, 0.1) is 12.3 Å². The Labute approximate surface area is 124 Å². The van der Waals surface area contributed by atoms with E-state index in [0.717, 1.165) is 5.56 Å². The lowest BCUT2D eigenvalue weighted by molar-refractivity contribution is -0.113. The summed E-state index contributed by atoms with van der Waals surface area (Å²) in [6.07, 6.45) is 0.465. The van der Waals surface area contributed by atoms with E-state index in [9.17, 15) is 13.2 Å². The second-order valence-electron chi connectivity index (χ2n) is 4.67. The molecule has 1 aromatic carbocycles. The van der Waals surface area contributed by atoms with E-state index in [-0.39, 0.29) is 17.3 Å². The predicted octanol–water partition coefficient (Wildman–Crippen LogP) is 0.210. The maximum Gasteiger partial charge on any atom is 0.269 e. The quantitative estimate of drug-likeness (QED) is 0.392. The van der Waals surface area contributed by atoms with E-state index >= 15 is 0 Å². The molecular weight excluding hydrogens is 292 g/mol. The van der Waals surface area contributed by atoms with Crippen molar-refractivity contribution < 1.29 is 13.2 Å². The van der Waals surface area contributed by atoms with E-state index in [0.29, 0.717) is 13.0 Å². The number of carbonyl (C=O) groups excluding carboxylic acids is 1. The first kappa shape index (κ1) is 17.1. The fourth-order valence-electron chi connectivity index (χ4n) is 1.67. The third-order valence-corrected chi connectivity index (χ3v) is 4.57. The Hall–Kier alpha value is -1.93. The molecule has 8 heteroatoms. The monoisotopic (exact) mass is 311 g/mol. The Morgan fingerprint density at radius 2 is 1.90 bits per heavy atom. The third-order valence-electron chi connectivity index (χ3n) is 2.87. The van der Waals surface area contributed by atoms with Crippen molar-refractivity contribution in [1.29, 1.82) is 5.41 Å². The Balaban J connectivity index is 2.68. The van der Waals surface area contributed by atoms with Crippen LogP contribution in [0.5, 0.6) is 0 Å². The van der Waals surface area contributed by atoms with Gasteiger partial charge in [-0.2, -0.15) is 0 Å². The summed E-state index contributed by atoms with van der Waals surface area (Å²) in [5, 5.41) is 8.38. The van der Waals surface area contributed by atoms with Crippen LogP contribution in [0.2, 0.25) is 0 Å².